The molecule has 212 valence electrons. The van der Waals surface area contributed by atoms with E-state index >= 15 is 0 Å². The van der Waals surface area contributed by atoms with E-state index in [1.807, 2.05) is 39.0 Å². The lowest BCUT2D eigenvalue weighted by atomic mass is 9.84. The van der Waals surface area contributed by atoms with Crippen LogP contribution in [0, 0.1) is 23.7 Å². The molecule has 40 heavy (non-hydrogen) atoms. The summed E-state index contributed by atoms with van der Waals surface area (Å²) in [5, 5.41) is 13.1. The number of halogens is 1. The maximum Gasteiger partial charge on any atom is 0.275 e. The van der Waals surface area contributed by atoms with Crippen LogP contribution in [-0.4, -0.2) is 56.8 Å². The number of hydrogen-bond donors (Lipinski definition) is 3. The Kier molecular flexibility index (Phi) is 8.61. The molecule has 3 heterocycles. The van der Waals surface area contributed by atoms with Crippen molar-refractivity contribution < 1.29 is 19.1 Å². The standard InChI is InChI=1S/C28H34ClN7O4/c1-15-11-22(25(38)35-34-15)40-26-16(2)32-20(13-31-26)24(37)33-17(3)27(39)36-21(18-7-6-8-19(29)12-18)9-10-23(36)28(4,5)14-30/h6-8,12-13,15,17,21-23,34H,9-11H2,1-5H3,(H,33,37)(H,35,38)/t15?,17-,21+,22?,23-/m1/s1. The molecule has 2 saturated heterocycles. The average molecular weight is 568 g/mol. The van der Waals surface area contributed by atoms with Gasteiger partial charge in [-0.1, -0.05) is 23.7 Å². The van der Waals surface area contributed by atoms with E-state index < -0.39 is 23.5 Å². The highest BCUT2D eigenvalue weighted by molar-refractivity contribution is 6.30. The van der Waals surface area contributed by atoms with Crippen molar-refractivity contribution in [3.8, 4) is 11.9 Å². The number of carbonyl (C=O) groups excluding carboxylic acids is 3. The molecular formula is C28H34ClN7O4. The summed E-state index contributed by atoms with van der Waals surface area (Å²) in [5.41, 5.74) is 5.82. The predicted molar refractivity (Wildman–Crippen MR) is 147 cm³/mol. The van der Waals surface area contributed by atoms with Gasteiger partial charge in [0.1, 0.15) is 17.4 Å². The Morgan fingerprint density at radius 2 is 2.08 bits per heavy atom. The van der Waals surface area contributed by atoms with Gasteiger partial charge >= 0.3 is 0 Å². The number of ether oxygens (including phenoxy) is 1. The third-order valence-corrected chi connectivity index (χ3v) is 7.64. The van der Waals surface area contributed by atoms with E-state index in [1.54, 1.807) is 24.8 Å². The van der Waals surface area contributed by atoms with E-state index in [0.29, 0.717) is 30.0 Å². The van der Waals surface area contributed by atoms with Crippen LogP contribution in [0.25, 0.3) is 0 Å². The summed E-state index contributed by atoms with van der Waals surface area (Å²) < 4.78 is 5.75. The number of nitrogens with one attached hydrogen (secondary N) is 3. The van der Waals surface area contributed by atoms with Gasteiger partial charge in [0.25, 0.3) is 11.8 Å². The summed E-state index contributed by atoms with van der Waals surface area (Å²) in [4.78, 5) is 49.2. The molecule has 2 aromatic rings. The first-order chi connectivity index (χ1) is 18.9. The Balaban J connectivity index is 1.50. The van der Waals surface area contributed by atoms with Crippen molar-refractivity contribution in [2.24, 2.45) is 5.41 Å². The molecule has 1 aromatic heterocycles. The van der Waals surface area contributed by atoms with Crippen LogP contribution >= 0.6 is 11.6 Å². The number of benzene rings is 1. The van der Waals surface area contributed by atoms with Crippen molar-refractivity contribution in [3.63, 3.8) is 0 Å². The van der Waals surface area contributed by atoms with E-state index in [2.05, 4.69) is 32.2 Å². The van der Waals surface area contributed by atoms with Gasteiger partial charge in [0.2, 0.25) is 11.8 Å². The van der Waals surface area contributed by atoms with Gasteiger partial charge in [-0.05, 0) is 65.2 Å². The van der Waals surface area contributed by atoms with Crippen molar-refractivity contribution in [1.82, 2.24) is 31.0 Å². The van der Waals surface area contributed by atoms with Crippen LogP contribution in [0.5, 0.6) is 5.88 Å². The number of amides is 3. The summed E-state index contributed by atoms with van der Waals surface area (Å²) in [6.45, 7) is 8.78. The monoisotopic (exact) mass is 567 g/mol. The molecule has 2 unspecified atom stereocenters. The Morgan fingerprint density at radius 1 is 1.32 bits per heavy atom. The smallest absolute Gasteiger partial charge is 0.275 e. The topological polar surface area (TPSA) is 149 Å². The van der Waals surface area contributed by atoms with Crippen molar-refractivity contribution in [2.75, 3.05) is 0 Å². The van der Waals surface area contributed by atoms with Gasteiger partial charge in [-0.2, -0.15) is 5.26 Å². The minimum Gasteiger partial charge on any atom is -0.463 e. The van der Waals surface area contributed by atoms with E-state index in [9.17, 15) is 19.6 Å². The van der Waals surface area contributed by atoms with E-state index in [4.69, 9.17) is 16.3 Å². The number of nitriles is 1. The van der Waals surface area contributed by atoms with Gasteiger partial charge in [0, 0.05) is 17.5 Å². The molecule has 0 spiro atoms. The zero-order valence-electron chi connectivity index (χ0n) is 23.2. The zero-order chi connectivity index (χ0) is 29.2. The van der Waals surface area contributed by atoms with Crippen LogP contribution in [0.3, 0.4) is 0 Å². The Bertz CT molecular complexity index is 1340. The predicted octanol–water partition coefficient (Wildman–Crippen LogP) is 3.00. The molecule has 3 N–H and O–H groups in total. The third-order valence-electron chi connectivity index (χ3n) is 7.40. The lowest BCUT2D eigenvalue weighted by molar-refractivity contribution is -0.137. The van der Waals surface area contributed by atoms with Gasteiger partial charge < -0.3 is 15.0 Å². The Labute approximate surface area is 238 Å². The van der Waals surface area contributed by atoms with Crippen LogP contribution in [-0.2, 0) is 9.59 Å². The molecule has 11 nitrogen and oxygen atoms in total. The summed E-state index contributed by atoms with van der Waals surface area (Å²) >= 11 is 6.24. The van der Waals surface area contributed by atoms with Crippen LogP contribution < -0.4 is 20.9 Å². The van der Waals surface area contributed by atoms with Crippen LogP contribution in [0.1, 0.15) is 74.7 Å². The summed E-state index contributed by atoms with van der Waals surface area (Å²) in [6.07, 6.45) is 2.28. The Hall–Kier alpha value is -3.75. The van der Waals surface area contributed by atoms with E-state index in [1.165, 1.54) is 6.20 Å². The fourth-order valence-corrected chi connectivity index (χ4v) is 5.39. The first-order valence-electron chi connectivity index (χ1n) is 13.3. The molecule has 3 amide bonds. The van der Waals surface area contributed by atoms with E-state index in [-0.39, 0.29) is 41.5 Å². The molecule has 1 aromatic carbocycles. The maximum atomic E-state index is 13.8. The molecule has 0 radical (unpaired) electrons. The molecule has 12 heteroatoms. The van der Waals surface area contributed by atoms with Crippen molar-refractivity contribution in [3.05, 3.63) is 52.4 Å². The van der Waals surface area contributed by atoms with Gasteiger partial charge in [0.05, 0.1) is 29.8 Å². The molecule has 2 aliphatic heterocycles. The molecule has 0 bridgehead atoms. The fourth-order valence-electron chi connectivity index (χ4n) is 5.19. The van der Waals surface area contributed by atoms with Gasteiger partial charge in [0.15, 0.2) is 6.10 Å². The van der Waals surface area contributed by atoms with Gasteiger partial charge in [-0.15, -0.1) is 0 Å². The molecule has 2 fully saturated rings. The van der Waals surface area contributed by atoms with Gasteiger partial charge in [-0.25, -0.2) is 15.4 Å². The molecule has 5 atom stereocenters. The summed E-state index contributed by atoms with van der Waals surface area (Å²) in [6, 6.07) is 8.18. The Morgan fingerprint density at radius 3 is 2.75 bits per heavy atom. The van der Waals surface area contributed by atoms with Crippen molar-refractivity contribution in [2.45, 2.75) is 84.2 Å². The van der Waals surface area contributed by atoms with Crippen molar-refractivity contribution >= 4 is 29.3 Å². The summed E-state index contributed by atoms with van der Waals surface area (Å²) in [5.74, 6) is -1.05. The van der Waals surface area contributed by atoms with Crippen LogP contribution in [0.2, 0.25) is 5.02 Å². The highest BCUT2D eigenvalue weighted by Crippen LogP contribution is 2.43. The second kappa shape index (κ2) is 11.8. The van der Waals surface area contributed by atoms with Crippen LogP contribution in [0.4, 0.5) is 0 Å². The normalized spacial score (nSPS) is 23.6. The van der Waals surface area contributed by atoms with E-state index in [0.717, 1.165) is 5.56 Å². The SMILES string of the molecule is Cc1nc(C(=O)N[C@H](C)C(=O)N2[C@H](c3cccc(Cl)c3)CC[C@@H]2C(C)(C)C#N)cnc1OC1CC(C)NNC1=O. The second-order valence-corrected chi connectivity index (χ2v) is 11.4. The van der Waals surface area contributed by atoms with Crippen LogP contribution in [0.15, 0.2) is 30.5 Å². The fraction of sp³-hybridized carbons (Fsp3) is 0.500. The quantitative estimate of drug-likeness (QED) is 0.462. The number of carbonyl (C=O) groups is 3. The number of hydrazine groups is 1. The molecular weight excluding hydrogens is 534 g/mol. The van der Waals surface area contributed by atoms with Crippen molar-refractivity contribution in [1.29, 1.82) is 5.26 Å². The average Bonchev–Trinajstić information content (AvgIpc) is 3.37. The lowest BCUT2D eigenvalue weighted by Gasteiger charge is -2.38. The minimum atomic E-state index is -0.901. The second-order valence-electron chi connectivity index (χ2n) is 11.0. The molecule has 2 aliphatic rings. The molecule has 0 aliphatic carbocycles. The minimum absolute atomic E-state index is 0.00866. The highest BCUT2D eigenvalue weighted by Gasteiger charge is 2.46. The first-order valence-corrected chi connectivity index (χ1v) is 13.6. The third kappa shape index (κ3) is 6.18. The molecule has 0 saturated carbocycles. The maximum absolute atomic E-state index is 13.8. The highest BCUT2D eigenvalue weighted by atomic mass is 35.5. The number of rotatable bonds is 7. The largest absolute Gasteiger partial charge is 0.463 e. The molecule has 4 rings (SSSR count). The summed E-state index contributed by atoms with van der Waals surface area (Å²) in [7, 11) is 0. The first kappa shape index (κ1) is 29.2. The number of nitrogens with zero attached hydrogens (tertiary/aromatic N) is 4. The lowest BCUT2D eigenvalue weighted by Crippen LogP contribution is -2.56. The number of aromatic nitrogens is 2. The number of likely N-dealkylation sites (tertiary alicyclic amines) is 1. The van der Waals surface area contributed by atoms with Gasteiger partial charge in [-0.3, -0.25) is 19.8 Å². The zero-order valence-corrected chi connectivity index (χ0v) is 24.0. The number of aryl methyl sites for hydroxylation is 1. The number of hydrogen-bond acceptors (Lipinski definition) is 8.